The molecule has 6 nitrogen and oxygen atoms in total. The third-order valence-corrected chi connectivity index (χ3v) is 7.47. The van der Waals surface area contributed by atoms with Gasteiger partial charge >= 0.3 is 0 Å². The predicted molar refractivity (Wildman–Crippen MR) is 118 cm³/mol. The number of likely N-dealkylation sites (tertiary alicyclic amines) is 2. The van der Waals surface area contributed by atoms with Crippen LogP contribution in [0, 0.1) is 24.7 Å². The summed E-state index contributed by atoms with van der Waals surface area (Å²) < 4.78 is 0. The minimum atomic E-state index is -0.267. The molecule has 162 valence electrons. The van der Waals surface area contributed by atoms with Gasteiger partial charge in [0.1, 0.15) is 0 Å². The topological polar surface area (TPSA) is 73.5 Å². The van der Waals surface area contributed by atoms with Crippen LogP contribution in [0.2, 0.25) is 0 Å². The number of pyridine rings is 1. The third-order valence-electron chi connectivity index (χ3n) is 7.47. The van der Waals surface area contributed by atoms with Crippen molar-refractivity contribution in [3.8, 4) is 0 Å². The van der Waals surface area contributed by atoms with E-state index in [1.807, 2.05) is 17.0 Å². The van der Waals surface area contributed by atoms with E-state index < -0.39 is 0 Å². The first-order chi connectivity index (χ1) is 15.0. The Kier molecular flexibility index (Phi) is 5.16. The summed E-state index contributed by atoms with van der Waals surface area (Å²) in [4.78, 5) is 44.7. The maximum atomic E-state index is 13.5. The summed E-state index contributed by atoms with van der Waals surface area (Å²) in [5, 5.41) is 0. The monoisotopic (exact) mass is 419 g/mol. The number of carbonyl (C=O) groups excluding carboxylic acids is 2. The Labute approximate surface area is 182 Å². The van der Waals surface area contributed by atoms with Gasteiger partial charge in [0.25, 0.3) is 5.91 Å². The van der Waals surface area contributed by atoms with Crippen LogP contribution in [0.5, 0.6) is 0 Å². The fourth-order valence-electron chi connectivity index (χ4n) is 5.92. The normalized spacial score (nSPS) is 25.8. The van der Waals surface area contributed by atoms with Gasteiger partial charge in [0.2, 0.25) is 11.5 Å². The minimum absolute atomic E-state index is 0.0104. The van der Waals surface area contributed by atoms with Crippen molar-refractivity contribution in [2.75, 3.05) is 19.6 Å². The second-order valence-corrected chi connectivity index (χ2v) is 9.35. The molecule has 3 heterocycles. The molecule has 1 aromatic carbocycles. The average molecular weight is 420 g/mol. The van der Waals surface area contributed by atoms with Crippen LogP contribution in [0.3, 0.4) is 0 Å². The second kappa shape index (κ2) is 7.98. The van der Waals surface area contributed by atoms with Gasteiger partial charge in [-0.1, -0.05) is 37.1 Å². The Hall–Kier alpha value is -2.89. The van der Waals surface area contributed by atoms with E-state index in [0.29, 0.717) is 31.1 Å². The van der Waals surface area contributed by atoms with Crippen LogP contribution in [0.1, 0.15) is 53.2 Å². The van der Waals surface area contributed by atoms with Crippen LogP contribution >= 0.6 is 0 Å². The summed E-state index contributed by atoms with van der Waals surface area (Å²) in [5.74, 6) is 0.836. The number of H-pyrrole nitrogens is 1. The quantitative estimate of drug-likeness (QED) is 0.831. The Morgan fingerprint density at radius 3 is 2.55 bits per heavy atom. The van der Waals surface area contributed by atoms with Crippen molar-refractivity contribution in [2.24, 2.45) is 17.8 Å². The van der Waals surface area contributed by atoms with Gasteiger partial charge in [0.15, 0.2) is 0 Å². The average Bonchev–Trinajstić information content (AvgIpc) is 3.49. The highest BCUT2D eigenvalue weighted by Crippen LogP contribution is 2.47. The Balaban J connectivity index is 1.43. The zero-order valence-corrected chi connectivity index (χ0v) is 17.9. The summed E-state index contributed by atoms with van der Waals surface area (Å²) >= 11 is 0. The molecule has 0 unspecified atom stereocenters. The SMILES string of the molecule is Cc1ccccc1[C@H]1[C@H]2CN(C(=O)c3cc[nH]c(=O)c3)C[C@H]2CN1C(=O)C1CCCC1. The van der Waals surface area contributed by atoms with Crippen LogP contribution in [-0.4, -0.2) is 46.2 Å². The number of aryl methyl sites for hydroxylation is 1. The molecule has 6 heteroatoms. The molecule has 1 aromatic heterocycles. The van der Waals surface area contributed by atoms with Gasteiger partial charge in [-0.2, -0.15) is 0 Å². The molecule has 1 saturated carbocycles. The van der Waals surface area contributed by atoms with Gasteiger partial charge in [-0.25, -0.2) is 0 Å². The lowest BCUT2D eigenvalue weighted by atomic mass is 9.87. The van der Waals surface area contributed by atoms with Crippen molar-refractivity contribution in [3.63, 3.8) is 0 Å². The molecule has 0 spiro atoms. The lowest BCUT2D eigenvalue weighted by molar-refractivity contribution is -0.136. The Bertz CT molecular complexity index is 1060. The predicted octanol–water partition coefficient (Wildman–Crippen LogP) is 3.15. The van der Waals surface area contributed by atoms with Crippen molar-refractivity contribution in [2.45, 2.75) is 38.6 Å². The second-order valence-electron chi connectivity index (χ2n) is 9.35. The van der Waals surface area contributed by atoms with Crippen LogP contribution in [0.25, 0.3) is 0 Å². The van der Waals surface area contributed by atoms with Crippen molar-refractivity contribution in [3.05, 3.63) is 69.6 Å². The minimum Gasteiger partial charge on any atom is -0.338 e. The molecular weight excluding hydrogens is 390 g/mol. The summed E-state index contributed by atoms with van der Waals surface area (Å²) in [7, 11) is 0. The number of nitrogens with zero attached hydrogens (tertiary/aromatic N) is 2. The Morgan fingerprint density at radius 1 is 1.03 bits per heavy atom. The van der Waals surface area contributed by atoms with Gasteiger partial charge in [0.05, 0.1) is 6.04 Å². The smallest absolute Gasteiger partial charge is 0.254 e. The van der Waals surface area contributed by atoms with Gasteiger partial charge in [-0.05, 0) is 37.0 Å². The first-order valence-corrected chi connectivity index (χ1v) is 11.4. The van der Waals surface area contributed by atoms with E-state index >= 15 is 0 Å². The van der Waals surface area contributed by atoms with Crippen LogP contribution in [0.4, 0.5) is 0 Å². The summed E-state index contributed by atoms with van der Waals surface area (Å²) in [6.07, 6.45) is 5.80. The van der Waals surface area contributed by atoms with Crippen LogP contribution in [0.15, 0.2) is 47.4 Å². The van der Waals surface area contributed by atoms with Crippen molar-refractivity contribution >= 4 is 11.8 Å². The number of amides is 2. The molecule has 5 rings (SSSR count). The standard InChI is InChI=1S/C25H29N3O3/c1-16-6-2-5-9-20(16)23-21-15-27(24(30)18-10-11-26-22(29)12-18)13-19(21)14-28(23)25(31)17-7-3-4-8-17/h2,5-6,9-12,17,19,21,23H,3-4,7-8,13-15H2,1H3,(H,26,29)/t19-,21-,23-/m0/s1. The molecule has 0 bridgehead atoms. The van der Waals surface area contributed by atoms with E-state index in [-0.39, 0.29) is 35.3 Å². The largest absolute Gasteiger partial charge is 0.338 e. The zero-order valence-electron chi connectivity index (χ0n) is 17.9. The fourth-order valence-corrected chi connectivity index (χ4v) is 5.92. The molecule has 2 aliphatic heterocycles. The number of rotatable bonds is 3. The van der Waals surface area contributed by atoms with Crippen molar-refractivity contribution in [1.29, 1.82) is 0 Å². The molecule has 2 aromatic rings. The lowest BCUT2D eigenvalue weighted by Gasteiger charge is -2.32. The lowest BCUT2D eigenvalue weighted by Crippen LogP contribution is -2.40. The molecule has 3 atom stereocenters. The van der Waals surface area contributed by atoms with Crippen LogP contribution in [-0.2, 0) is 4.79 Å². The van der Waals surface area contributed by atoms with E-state index in [1.54, 1.807) is 6.07 Å². The first-order valence-electron chi connectivity index (χ1n) is 11.4. The highest BCUT2D eigenvalue weighted by molar-refractivity contribution is 5.94. The number of benzene rings is 1. The van der Waals surface area contributed by atoms with Gasteiger partial charge < -0.3 is 14.8 Å². The van der Waals surface area contributed by atoms with Crippen molar-refractivity contribution in [1.82, 2.24) is 14.8 Å². The van der Waals surface area contributed by atoms with Gasteiger partial charge in [-0.3, -0.25) is 14.4 Å². The summed E-state index contributed by atoms with van der Waals surface area (Å²) in [5.41, 5.74) is 2.55. The van der Waals surface area contributed by atoms with E-state index in [4.69, 9.17) is 0 Å². The highest BCUT2D eigenvalue weighted by Gasteiger charge is 2.51. The van der Waals surface area contributed by atoms with E-state index in [1.165, 1.54) is 23.4 Å². The number of aromatic amines is 1. The molecule has 31 heavy (non-hydrogen) atoms. The maximum Gasteiger partial charge on any atom is 0.254 e. The number of nitrogens with one attached hydrogen (secondary N) is 1. The molecule has 2 amide bonds. The Morgan fingerprint density at radius 2 is 1.81 bits per heavy atom. The van der Waals surface area contributed by atoms with E-state index in [0.717, 1.165) is 25.7 Å². The highest BCUT2D eigenvalue weighted by atomic mass is 16.2. The number of carbonyl (C=O) groups is 2. The van der Waals surface area contributed by atoms with E-state index in [9.17, 15) is 14.4 Å². The number of hydrogen-bond acceptors (Lipinski definition) is 3. The molecule has 3 fully saturated rings. The molecule has 1 N–H and O–H groups in total. The molecular formula is C25H29N3O3. The van der Waals surface area contributed by atoms with Crippen LogP contribution < -0.4 is 5.56 Å². The van der Waals surface area contributed by atoms with Crippen molar-refractivity contribution < 1.29 is 9.59 Å². The first kappa shape index (κ1) is 20.0. The van der Waals surface area contributed by atoms with E-state index in [2.05, 4.69) is 28.9 Å². The maximum absolute atomic E-state index is 13.5. The number of fused-ring (bicyclic) bond motifs is 1. The number of hydrogen-bond donors (Lipinski definition) is 1. The molecule has 0 radical (unpaired) electrons. The summed E-state index contributed by atoms with van der Waals surface area (Å²) in [6.45, 7) is 4.06. The zero-order chi connectivity index (χ0) is 21.5. The van der Waals surface area contributed by atoms with Gasteiger partial charge in [-0.15, -0.1) is 0 Å². The molecule has 2 saturated heterocycles. The van der Waals surface area contributed by atoms with Gasteiger partial charge in [0, 0.05) is 55.2 Å². The number of aromatic nitrogens is 1. The third kappa shape index (κ3) is 3.58. The summed E-state index contributed by atoms with van der Waals surface area (Å²) in [6, 6.07) is 11.4. The molecule has 3 aliphatic rings. The molecule has 1 aliphatic carbocycles. The fraction of sp³-hybridized carbons (Fsp3) is 0.480.